The van der Waals surface area contributed by atoms with E-state index < -0.39 is 21.1 Å². The summed E-state index contributed by atoms with van der Waals surface area (Å²) >= 11 is 0. The van der Waals surface area contributed by atoms with Crippen LogP contribution in [0, 0.1) is 0 Å². The van der Waals surface area contributed by atoms with Crippen LogP contribution >= 0.6 is 0 Å². The molecule has 24 heavy (non-hydrogen) atoms. The first-order valence-corrected chi connectivity index (χ1v) is 9.10. The fourth-order valence-electron chi connectivity index (χ4n) is 2.82. The van der Waals surface area contributed by atoms with Crippen molar-refractivity contribution in [1.82, 2.24) is 13.9 Å². The Bertz CT molecular complexity index is 1000. The van der Waals surface area contributed by atoms with Crippen LogP contribution in [0.25, 0.3) is 11.0 Å². The van der Waals surface area contributed by atoms with E-state index in [4.69, 9.17) is 4.74 Å². The highest BCUT2D eigenvalue weighted by molar-refractivity contribution is 7.89. The van der Waals surface area contributed by atoms with Crippen LogP contribution in [-0.4, -0.2) is 36.8 Å². The average Bonchev–Trinajstić information content (AvgIpc) is 3.09. The minimum atomic E-state index is -3.72. The van der Waals surface area contributed by atoms with Crippen molar-refractivity contribution in [3.63, 3.8) is 0 Å². The molecule has 0 spiro atoms. The molecular weight excluding hydrogens is 334 g/mol. The van der Waals surface area contributed by atoms with E-state index in [1.165, 1.54) is 36.9 Å². The van der Waals surface area contributed by atoms with Crippen molar-refractivity contribution in [3.8, 4) is 0 Å². The molecule has 0 bridgehead atoms. The molecule has 0 unspecified atom stereocenters. The summed E-state index contributed by atoms with van der Waals surface area (Å²) in [6, 6.07) is 4.34. The van der Waals surface area contributed by atoms with Crippen molar-refractivity contribution in [3.05, 3.63) is 38.9 Å². The maximum atomic E-state index is 12.5. The monoisotopic (exact) mass is 353 g/mol. The quantitative estimate of drug-likeness (QED) is 0.761. The number of nitrogens with zero attached hydrogens (tertiary/aromatic N) is 2. The molecule has 1 saturated heterocycles. The van der Waals surface area contributed by atoms with E-state index in [-0.39, 0.29) is 17.5 Å². The largest absolute Gasteiger partial charge is 0.377 e. The van der Waals surface area contributed by atoms with E-state index >= 15 is 0 Å². The maximum absolute atomic E-state index is 12.5. The number of ether oxygens (including phenoxy) is 1. The number of hydrogen-bond acceptors (Lipinski definition) is 5. The second-order valence-corrected chi connectivity index (χ2v) is 7.63. The van der Waals surface area contributed by atoms with Gasteiger partial charge in [-0.2, -0.15) is 0 Å². The normalized spacial score (nSPS) is 18.3. The Morgan fingerprint density at radius 2 is 1.83 bits per heavy atom. The van der Waals surface area contributed by atoms with Gasteiger partial charge in [-0.05, 0) is 31.0 Å². The Balaban J connectivity index is 2.01. The lowest BCUT2D eigenvalue weighted by molar-refractivity contribution is 0.114. The fourth-order valence-corrected chi connectivity index (χ4v) is 3.91. The van der Waals surface area contributed by atoms with Crippen LogP contribution in [-0.2, 0) is 28.9 Å². The number of benzene rings is 1. The SMILES string of the molecule is Cn1c(=O)c(=O)n(C)c2cc(S(=O)(=O)NC[C@H]3CCCO3)ccc21. The Labute approximate surface area is 138 Å². The van der Waals surface area contributed by atoms with Crippen molar-refractivity contribution < 1.29 is 13.2 Å². The van der Waals surface area contributed by atoms with Crippen LogP contribution < -0.4 is 15.8 Å². The second-order valence-electron chi connectivity index (χ2n) is 5.87. The highest BCUT2D eigenvalue weighted by Gasteiger charge is 2.21. The van der Waals surface area contributed by atoms with Gasteiger partial charge in [0.1, 0.15) is 0 Å². The van der Waals surface area contributed by atoms with Gasteiger partial charge in [-0.15, -0.1) is 0 Å². The molecule has 0 saturated carbocycles. The Kier molecular flexibility index (Phi) is 4.33. The molecule has 0 aliphatic carbocycles. The summed E-state index contributed by atoms with van der Waals surface area (Å²) in [4.78, 5) is 23.8. The van der Waals surface area contributed by atoms with E-state index in [0.29, 0.717) is 17.6 Å². The van der Waals surface area contributed by atoms with Crippen molar-refractivity contribution in [2.45, 2.75) is 23.8 Å². The summed E-state index contributed by atoms with van der Waals surface area (Å²) in [6.45, 7) is 0.866. The van der Waals surface area contributed by atoms with E-state index in [1.807, 2.05) is 0 Å². The topological polar surface area (TPSA) is 99.4 Å². The summed E-state index contributed by atoms with van der Waals surface area (Å²) in [5, 5.41) is 0. The number of fused-ring (bicyclic) bond motifs is 1. The lowest BCUT2D eigenvalue weighted by Gasteiger charge is -2.13. The number of nitrogens with one attached hydrogen (secondary N) is 1. The Hall–Kier alpha value is -1.97. The molecular formula is C15H19N3O5S. The van der Waals surface area contributed by atoms with Crippen molar-refractivity contribution in [2.24, 2.45) is 14.1 Å². The number of sulfonamides is 1. The van der Waals surface area contributed by atoms with Crippen LogP contribution in [0.3, 0.4) is 0 Å². The van der Waals surface area contributed by atoms with Gasteiger partial charge in [0.05, 0.1) is 22.0 Å². The van der Waals surface area contributed by atoms with Gasteiger partial charge in [-0.3, -0.25) is 9.59 Å². The minimum absolute atomic E-state index is 0.0432. The van der Waals surface area contributed by atoms with Crippen LogP contribution in [0.15, 0.2) is 32.7 Å². The van der Waals surface area contributed by atoms with Gasteiger partial charge in [-0.1, -0.05) is 0 Å². The molecule has 2 heterocycles. The summed E-state index contributed by atoms with van der Waals surface area (Å²) in [5.74, 6) is 0. The molecule has 130 valence electrons. The summed E-state index contributed by atoms with van der Waals surface area (Å²) in [7, 11) is -0.796. The predicted octanol–water partition coefficient (Wildman–Crippen LogP) is -0.305. The van der Waals surface area contributed by atoms with Gasteiger partial charge in [0.2, 0.25) is 10.0 Å². The predicted molar refractivity (Wildman–Crippen MR) is 88.6 cm³/mol. The van der Waals surface area contributed by atoms with Crippen molar-refractivity contribution in [1.29, 1.82) is 0 Å². The summed E-state index contributed by atoms with van der Waals surface area (Å²) in [6.07, 6.45) is 1.65. The molecule has 0 radical (unpaired) electrons. The Morgan fingerprint density at radius 1 is 1.17 bits per heavy atom. The second kappa shape index (κ2) is 6.15. The van der Waals surface area contributed by atoms with Gasteiger partial charge in [-0.25, -0.2) is 13.1 Å². The lowest BCUT2D eigenvalue weighted by Crippen LogP contribution is -2.39. The molecule has 8 nitrogen and oxygen atoms in total. The smallest absolute Gasteiger partial charge is 0.316 e. The van der Waals surface area contributed by atoms with Gasteiger partial charge in [0.25, 0.3) is 0 Å². The van der Waals surface area contributed by atoms with E-state index in [0.717, 1.165) is 17.4 Å². The molecule has 1 atom stereocenters. The molecule has 1 aliphatic heterocycles. The van der Waals surface area contributed by atoms with E-state index in [9.17, 15) is 18.0 Å². The lowest BCUT2D eigenvalue weighted by atomic mass is 10.2. The Morgan fingerprint density at radius 3 is 2.46 bits per heavy atom. The molecule has 3 rings (SSSR count). The van der Waals surface area contributed by atoms with Crippen LogP contribution in [0.4, 0.5) is 0 Å². The molecule has 1 N–H and O–H groups in total. The summed E-state index contributed by atoms with van der Waals surface area (Å²) in [5.41, 5.74) is -0.494. The first kappa shape index (κ1) is 16.9. The molecule has 1 aliphatic rings. The number of hydrogen-bond donors (Lipinski definition) is 1. The molecule has 0 amide bonds. The molecule has 1 aromatic heterocycles. The van der Waals surface area contributed by atoms with Crippen LogP contribution in [0.1, 0.15) is 12.8 Å². The van der Waals surface area contributed by atoms with Gasteiger partial charge >= 0.3 is 11.1 Å². The maximum Gasteiger partial charge on any atom is 0.316 e. The van der Waals surface area contributed by atoms with Crippen molar-refractivity contribution in [2.75, 3.05) is 13.2 Å². The zero-order valence-corrected chi connectivity index (χ0v) is 14.3. The summed E-state index contributed by atoms with van der Waals surface area (Å²) < 4.78 is 35.2. The molecule has 2 aromatic rings. The number of aromatic nitrogens is 2. The molecule has 9 heteroatoms. The standard InChI is InChI=1S/C15H19N3O5S/c1-17-12-6-5-11(8-13(12)18(2)15(20)14(17)19)24(21,22)16-9-10-4-3-7-23-10/h5-6,8,10,16H,3-4,7,9H2,1-2H3/t10-/m1/s1. The average molecular weight is 353 g/mol. The third-order valence-corrected chi connectivity index (χ3v) is 5.72. The first-order chi connectivity index (χ1) is 11.3. The zero-order valence-electron chi connectivity index (χ0n) is 13.5. The molecule has 1 fully saturated rings. The minimum Gasteiger partial charge on any atom is -0.377 e. The number of rotatable bonds is 4. The van der Waals surface area contributed by atoms with Gasteiger partial charge in [0.15, 0.2) is 0 Å². The third-order valence-electron chi connectivity index (χ3n) is 4.30. The highest BCUT2D eigenvalue weighted by Crippen LogP contribution is 2.17. The van der Waals surface area contributed by atoms with E-state index in [1.54, 1.807) is 0 Å². The van der Waals surface area contributed by atoms with Gasteiger partial charge in [0, 0.05) is 27.2 Å². The van der Waals surface area contributed by atoms with Crippen LogP contribution in [0.2, 0.25) is 0 Å². The fraction of sp³-hybridized carbons (Fsp3) is 0.467. The zero-order chi connectivity index (χ0) is 17.5. The van der Waals surface area contributed by atoms with Crippen LogP contribution in [0.5, 0.6) is 0 Å². The third kappa shape index (κ3) is 2.90. The first-order valence-electron chi connectivity index (χ1n) is 7.62. The van der Waals surface area contributed by atoms with E-state index in [2.05, 4.69) is 4.72 Å². The highest BCUT2D eigenvalue weighted by atomic mass is 32.2. The molecule has 1 aromatic carbocycles. The number of aryl methyl sites for hydroxylation is 2. The van der Waals surface area contributed by atoms with Crippen molar-refractivity contribution >= 4 is 21.1 Å². The van der Waals surface area contributed by atoms with Gasteiger partial charge < -0.3 is 13.9 Å².